The maximum Gasteiger partial charge on any atom is 0.264 e. The Kier molecular flexibility index (Phi) is 6.52. The van der Waals surface area contributed by atoms with Gasteiger partial charge in [-0.3, -0.25) is 14.4 Å². The van der Waals surface area contributed by atoms with Crippen LogP contribution in [0.2, 0.25) is 0 Å². The Balaban J connectivity index is 2.01. The number of carbonyl (C=O) groups is 3. The number of hydrogen-bond donors (Lipinski definition) is 2. The molecule has 26 heavy (non-hydrogen) atoms. The number of carbonyl (C=O) groups excluding carboxylic acids is 3. The van der Waals surface area contributed by atoms with Gasteiger partial charge in [0.2, 0.25) is 5.91 Å². The molecule has 7 nitrogen and oxygen atoms in total. The number of benzene rings is 1. The van der Waals surface area contributed by atoms with E-state index < -0.39 is 22.0 Å². The van der Waals surface area contributed by atoms with Crippen molar-refractivity contribution in [2.45, 2.75) is 56.9 Å². The van der Waals surface area contributed by atoms with Crippen molar-refractivity contribution in [3.05, 3.63) is 29.8 Å². The Morgan fingerprint density at radius 2 is 1.77 bits per heavy atom. The molecule has 0 heterocycles. The second kappa shape index (κ2) is 8.44. The molecule has 2 N–H and O–H groups in total. The summed E-state index contributed by atoms with van der Waals surface area (Å²) in [5.74, 6) is -1.44. The van der Waals surface area contributed by atoms with E-state index >= 15 is 0 Å². The van der Waals surface area contributed by atoms with E-state index in [0.29, 0.717) is 0 Å². The molecule has 2 amide bonds. The van der Waals surface area contributed by atoms with Crippen molar-refractivity contribution in [3.63, 3.8) is 0 Å². The van der Waals surface area contributed by atoms with Gasteiger partial charge in [-0.15, -0.1) is 0 Å². The van der Waals surface area contributed by atoms with Gasteiger partial charge in [-0.05, 0) is 38.8 Å². The summed E-state index contributed by atoms with van der Waals surface area (Å²) in [6, 6.07) is 4.46. The number of amides is 2. The predicted octanol–water partition coefficient (Wildman–Crippen LogP) is 1.78. The zero-order valence-corrected chi connectivity index (χ0v) is 15.8. The van der Waals surface area contributed by atoms with Gasteiger partial charge in [-0.2, -0.15) is 0 Å². The molecular formula is C18H24N2O5S. The highest BCUT2D eigenvalue weighted by Crippen LogP contribution is 2.23. The number of sulfonamides is 1. The van der Waals surface area contributed by atoms with Crippen molar-refractivity contribution in [1.82, 2.24) is 10.0 Å². The molecule has 0 aliphatic heterocycles. The average molecular weight is 380 g/mol. The van der Waals surface area contributed by atoms with E-state index in [1.54, 1.807) is 0 Å². The quantitative estimate of drug-likeness (QED) is 0.731. The largest absolute Gasteiger partial charge is 0.344 e. The van der Waals surface area contributed by atoms with Crippen LogP contribution in [0.5, 0.6) is 0 Å². The van der Waals surface area contributed by atoms with Crippen LogP contribution in [-0.2, 0) is 19.6 Å². The van der Waals surface area contributed by atoms with Crippen LogP contribution in [0.15, 0.2) is 29.2 Å². The van der Waals surface area contributed by atoms with Crippen LogP contribution in [-0.4, -0.2) is 32.1 Å². The summed E-state index contributed by atoms with van der Waals surface area (Å²) >= 11 is 0. The van der Waals surface area contributed by atoms with Gasteiger partial charge in [0.25, 0.3) is 15.9 Å². The van der Waals surface area contributed by atoms with Gasteiger partial charge in [-0.1, -0.05) is 31.4 Å². The highest BCUT2D eigenvalue weighted by Gasteiger charge is 2.27. The van der Waals surface area contributed by atoms with Crippen molar-refractivity contribution in [3.8, 4) is 0 Å². The van der Waals surface area contributed by atoms with Gasteiger partial charge in [-0.25, -0.2) is 13.1 Å². The molecule has 142 valence electrons. The van der Waals surface area contributed by atoms with E-state index in [1.807, 2.05) is 4.72 Å². The maximum atomic E-state index is 12.4. The summed E-state index contributed by atoms with van der Waals surface area (Å²) in [4.78, 5) is 35.6. The number of nitrogens with one attached hydrogen (secondary N) is 2. The monoisotopic (exact) mass is 380 g/mol. The smallest absolute Gasteiger partial charge is 0.264 e. The van der Waals surface area contributed by atoms with E-state index in [9.17, 15) is 22.8 Å². The van der Waals surface area contributed by atoms with Gasteiger partial charge in [0, 0.05) is 11.5 Å². The second-order valence-electron chi connectivity index (χ2n) is 6.62. The normalized spacial score (nSPS) is 16.5. The lowest BCUT2D eigenvalue weighted by Gasteiger charge is -2.22. The van der Waals surface area contributed by atoms with Crippen molar-refractivity contribution in [2.24, 2.45) is 5.92 Å². The summed E-state index contributed by atoms with van der Waals surface area (Å²) in [7, 11) is -4.12. The first-order chi connectivity index (χ1) is 12.2. The fraction of sp³-hybridized carbons (Fsp3) is 0.500. The zero-order chi connectivity index (χ0) is 19.3. The minimum Gasteiger partial charge on any atom is -0.344 e. The van der Waals surface area contributed by atoms with Gasteiger partial charge in [0.05, 0.1) is 4.90 Å². The number of ketones is 1. The first kappa shape index (κ1) is 20.1. The molecule has 2 rings (SSSR count). The lowest BCUT2D eigenvalue weighted by molar-refractivity contribution is -0.130. The molecule has 0 bridgehead atoms. The topological polar surface area (TPSA) is 109 Å². The standard InChI is InChI=1S/C18H24N2O5S/c1-12(19-18(23)14-7-4-3-5-8-14)17(22)20-26(24,25)16-10-6-9-15(11-16)13(2)21/h6,9-12,14H,3-5,7-8H2,1-2H3,(H,19,23)(H,20,22)/t12-/m1/s1. The fourth-order valence-corrected chi connectivity index (χ4v) is 4.02. The van der Waals surface area contributed by atoms with E-state index in [4.69, 9.17) is 0 Å². The van der Waals surface area contributed by atoms with Crippen LogP contribution >= 0.6 is 0 Å². The SMILES string of the molecule is CC(=O)c1cccc(S(=O)(=O)NC(=O)[C@@H](C)NC(=O)C2CCCCC2)c1. The van der Waals surface area contributed by atoms with E-state index in [-0.39, 0.29) is 28.1 Å². The minimum atomic E-state index is -4.12. The summed E-state index contributed by atoms with van der Waals surface area (Å²) in [6.45, 7) is 2.77. The Morgan fingerprint density at radius 1 is 1.12 bits per heavy atom. The van der Waals surface area contributed by atoms with Crippen LogP contribution in [0.3, 0.4) is 0 Å². The zero-order valence-electron chi connectivity index (χ0n) is 14.9. The average Bonchev–Trinajstić information content (AvgIpc) is 2.62. The van der Waals surface area contributed by atoms with Crippen molar-refractivity contribution in [2.75, 3.05) is 0 Å². The highest BCUT2D eigenvalue weighted by atomic mass is 32.2. The van der Waals surface area contributed by atoms with Crippen molar-refractivity contribution < 1.29 is 22.8 Å². The van der Waals surface area contributed by atoms with Crippen LogP contribution in [0.1, 0.15) is 56.3 Å². The molecule has 1 saturated carbocycles. The van der Waals surface area contributed by atoms with Crippen molar-refractivity contribution in [1.29, 1.82) is 0 Å². The molecule has 1 atom stereocenters. The first-order valence-electron chi connectivity index (χ1n) is 8.69. The molecule has 0 saturated heterocycles. The van der Waals surface area contributed by atoms with Crippen molar-refractivity contribution >= 4 is 27.6 Å². The Morgan fingerprint density at radius 3 is 2.38 bits per heavy atom. The van der Waals surface area contributed by atoms with Gasteiger partial charge in [0.15, 0.2) is 5.78 Å². The van der Waals surface area contributed by atoms with Gasteiger partial charge >= 0.3 is 0 Å². The molecule has 0 spiro atoms. The molecule has 0 unspecified atom stereocenters. The summed E-state index contributed by atoms with van der Waals surface area (Å²) in [5.41, 5.74) is 0.235. The lowest BCUT2D eigenvalue weighted by Crippen LogP contribution is -2.48. The van der Waals surface area contributed by atoms with E-state index in [1.165, 1.54) is 38.1 Å². The van der Waals surface area contributed by atoms with Crippen LogP contribution in [0.4, 0.5) is 0 Å². The first-order valence-corrected chi connectivity index (χ1v) is 10.2. The summed E-state index contributed by atoms with van der Waals surface area (Å²) < 4.78 is 26.7. The highest BCUT2D eigenvalue weighted by molar-refractivity contribution is 7.90. The Hall–Kier alpha value is -2.22. The second-order valence-corrected chi connectivity index (χ2v) is 8.30. The molecule has 1 aliphatic rings. The third-order valence-corrected chi connectivity index (χ3v) is 5.86. The Bertz CT molecular complexity index is 798. The lowest BCUT2D eigenvalue weighted by atomic mass is 9.88. The van der Waals surface area contributed by atoms with Gasteiger partial charge < -0.3 is 5.32 Å². The number of hydrogen-bond acceptors (Lipinski definition) is 5. The Labute approximate surface area is 153 Å². The molecule has 0 aromatic heterocycles. The third kappa shape index (κ3) is 5.14. The maximum absolute atomic E-state index is 12.4. The predicted molar refractivity (Wildman–Crippen MR) is 96.0 cm³/mol. The molecule has 0 radical (unpaired) electrons. The van der Waals surface area contributed by atoms with Crippen LogP contribution < -0.4 is 10.0 Å². The number of rotatable bonds is 6. The fourth-order valence-electron chi connectivity index (χ4n) is 2.92. The van der Waals surface area contributed by atoms with E-state index in [2.05, 4.69) is 5.32 Å². The van der Waals surface area contributed by atoms with Crippen LogP contribution in [0, 0.1) is 5.92 Å². The minimum absolute atomic E-state index is 0.122. The molecular weight excluding hydrogens is 356 g/mol. The number of Topliss-reactive ketones (excluding diaryl/α,β-unsaturated/α-hetero) is 1. The third-order valence-electron chi connectivity index (χ3n) is 4.51. The molecule has 1 aromatic carbocycles. The molecule has 1 aromatic rings. The summed E-state index contributed by atoms with van der Waals surface area (Å²) in [6.07, 6.45) is 4.66. The molecule has 1 aliphatic carbocycles. The molecule has 1 fully saturated rings. The summed E-state index contributed by atoms with van der Waals surface area (Å²) in [5, 5.41) is 2.58. The van der Waals surface area contributed by atoms with Crippen LogP contribution in [0.25, 0.3) is 0 Å². The van der Waals surface area contributed by atoms with E-state index in [0.717, 1.165) is 32.1 Å². The molecule has 8 heteroatoms. The van der Waals surface area contributed by atoms with Gasteiger partial charge in [0.1, 0.15) is 6.04 Å².